The average molecular weight is 266 g/mol. The third-order valence-corrected chi connectivity index (χ3v) is 4.28. The quantitative estimate of drug-likeness (QED) is 0.834. The minimum atomic E-state index is -4.12. The molecule has 2 N–H and O–H groups in total. The Morgan fingerprint density at radius 1 is 0.882 bits per heavy atom. The van der Waals surface area contributed by atoms with Gasteiger partial charge in [0.25, 0.3) is 0 Å². The Morgan fingerprint density at radius 3 is 2.12 bits per heavy atom. The first-order valence-electron chi connectivity index (χ1n) is 4.96. The highest BCUT2D eigenvalue weighted by atomic mass is 32.7. The summed E-state index contributed by atoms with van der Waals surface area (Å²) >= 11 is 0.589. The number of benzene rings is 2. The third kappa shape index (κ3) is 3.45. The molecule has 17 heavy (non-hydrogen) atoms. The van der Waals surface area contributed by atoms with Crippen molar-refractivity contribution in [2.45, 2.75) is 4.90 Å². The summed E-state index contributed by atoms with van der Waals surface area (Å²) in [5.41, 5.74) is 1.78. The van der Waals surface area contributed by atoms with Crippen molar-refractivity contribution in [3.63, 3.8) is 0 Å². The van der Waals surface area contributed by atoms with Crippen molar-refractivity contribution in [3.8, 4) is 11.1 Å². The van der Waals surface area contributed by atoms with Crippen LogP contribution in [0.15, 0.2) is 59.5 Å². The van der Waals surface area contributed by atoms with Crippen molar-refractivity contribution in [2.24, 2.45) is 0 Å². The second-order valence-corrected chi connectivity index (χ2v) is 7.02. The minimum absolute atomic E-state index is 0.589. The SMILES string of the molecule is O=P(O)(O)Sc1ccccc1-c1ccccc1. The summed E-state index contributed by atoms with van der Waals surface area (Å²) in [6, 6.07) is 16.7. The van der Waals surface area contributed by atoms with Crippen LogP contribution in [0.2, 0.25) is 0 Å². The minimum Gasteiger partial charge on any atom is -0.316 e. The summed E-state index contributed by atoms with van der Waals surface area (Å²) in [5.74, 6) is 0. The smallest absolute Gasteiger partial charge is 0.316 e. The van der Waals surface area contributed by atoms with E-state index in [0.717, 1.165) is 11.1 Å². The highest BCUT2D eigenvalue weighted by Crippen LogP contribution is 2.56. The molecule has 5 heteroatoms. The number of hydrogen-bond acceptors (Lipinski definition) is 2. The van der Waals surface area contributed by atoms with Crippen LogP contribution in [0.1, 0.15) is 0 Å². The molecule has 0 aromatic heterocycles. The lowest BCUT2D eigenvalue weighted by molar-refractivity contribution is 0.397. The number of hydrogen-bond donors (Lipinski definition) is 2. The maximum Gasteiger partial charge on any atom is 0.388 e. The van der Waals surface area contributed by atoms with E-state index in [4.69, 9.17) is 9.79 Å². The Hall–Kier alpha value is -1.06. The van der Waals surface area contributed by atoms with E-state index in [1.165, 1.54) is 0 Å². The molecule has 0 radical (unpaired) electrons. The normalized spacial score (nSPS) is 11.4. The van der Waals surface area contributed by atoms with Gasteiger partial charge in [-0.3, -0.25) is 0 Å². The molecule has 2 rings (SSSR count). The first-order chi connectivity index (χ1) is 8.06. The van der Waals surface area contributed by atoms with Crippen LogP contribution in [0.5, 0.6) is 0 Å². The fraction of sp³-hybridized carbons (Fsp3) is 0. The van der Waals surface area contributed by atoms with Gasteiger partial charge in [0.15, 0.2) is 0 Å². The van der Waals surface area contributed by atoms with Gasteiger partial charge in [-0.1, -0.05) is 48.5 Å². The standard InChI is InChI=1S/C12H11O3PS/c13-16(14,15)17-12-9-5-4-8-11(12)10-6-2-1-3-7-10/h1-9H,(H2,13,14,15). The van der Waals surface area contributed by atoms with Crippen LogP contribution < -0.4 is 0 Å². The Kier molecular flexibility index (Phi) is 3.69. The molecule has 0 bridgehead atoms. The number of rotatable bonds is 3. The molecule has 0 saturated carbocycles. The van der Waals surface area contributed by atoms with E-state index >= 15 is 0 Å². The van der Waals surface area contributed by atoms with E-state index in [-0.39, 0.29) is 0 Å². The van der Waals surface area contributed by atoms with Gasteiger partial charge in [0.05, 0.1) is 0 Å². The average Bonchev–Trinajstić information content (AvgIpc) is 2.29. The van der Waals surface area contributed by atoms with Crippen LogP contribution >= 0.6 is 18.2 Å². The molecule has 0 heterocycles. The maximum absolute atomic E-state index is 11.0. The zero-order valence-corrected chi connectivity index (χ0v) is 10.6. The molecule has 2 aromatic rings. The van der Waals surface area contributed by atoms with Crippen molar-refractivity contribution in [2.75, 3.05) is 0 Å². The van der Waals surface area contributed by atoms with E-state index in [1.54, 1.807) is 12.1 Å². The molecular formula is C12H11O3PS. The van der Waals surface area contributed by atoms with Gasteiger partial charge in [-0.05, 0) is 28.6 Å². The van der Waals surface area contributed by atoms with E-state index in [2.05, 4.69) is 0 Å². The fourth-order valence-electron chi connectivity index (χ4n) is 1.53. The molecule has 0 aliphatic carbocycles. The first kappa shape index (κ1) is 12.4. The lowest BCUT2D eigenvalue weighted by atomic mass is 10.1. The summed E-state index contributed by atoms with van der Waals surface area (Å²) < 4.78 is 11.0. The molecular weight excluding hydrogens is 255 g/mol. The van der Waals surface area contributed by atoms with Gasteiger partial charge in [-0.25, -0.2) is 4.57 Å². The molecule has 0 aliphatic rings. The molecule has 0 unspecified atom stereocenters. The Labute approximate surface area is 103 Å². The van der Waals surface area contributed by atoms with Gasteiger partial charge in [0.1, 0.15) is 0 Å². The fourth-order valence-corrected chi connectivity index (χ4v) is 3.46. The van der Waals surface area contributed by atoms with Crippen LogP contribution in [0.4, 0.5) is 0 Å². The van der Waals surface area contributed by atoms with E-state index in [1.807, 2.05) is 42.5 Å². The molecule has 0 aliphatic heterocycles. The van der Waals surface area contributed by atoms with Crippen molar-refractivity contribution in [3.05, 3.63) is 54.6 Å². The molecule has 88 valence electrons. The van der Waals surface area contributed by atoms with E-state index < -0.39 is 6.80 Å². The lowest BCUT2D eigenvalue weighted by Gasteiger charge is -2.09. The molecule has 0 spiro atoms. The maximum atomic E-state index is 11.0. The van der Waals surface area contributed by atoms with Crippen molar-refractivity contribution in [1.82, 2.24) is 0 Å². The summed E-state index contributed by atoms with van der Waals surface area (Å²) in [6.07, 6.45) is 0. The molecule has 0 fully saturated rings. The Balaban J connectivity index is 2.45. The van der Waals surface area contributed by atoms with Crippen LogP contribution in [-0.4, -0.2) is 9.79 Å². The predicted octanol–water partition coefficient (Wildman–Crippen LogP) is 3.54. The third-order valence-electron chi connectivity index (χ3n) is 2.19. The highest BCUT2D eigenvalue weighted by molar-refractivity contribution is 8.54. The lowest BCUT2D eigenvalue weighted by Crippen LogP contribution is -1.81. The molecule has 0 saturated heterocycles. The monoisotopic (exact) mass is 266 g/mol. The van der Waals surface area contributed by atoms with Gasteiger partial charge >= 0.3 is 6.80 Å². The van der Waals surface area contributed by atoms with Crippen LogP contribution in [-0.2, 0) is 4.57 Å². The van der Waals surface area contributed by atoms with Crippen LogP contribution in [0.25, 0.3) is 11.1 Å². The van der Waals surface area contributed by atoms with Gasteiger partial charge in [-0.15, -0.1) is 0 Å². The van der Waals surface area contributed by atoms with E-state index in [9.17, 15) is 4.57 Å². The highest BCUT2D eigenvalue weighted by Gasteiger charge is 2.17. The Bertz CT molecular complexity index is 551. The summed E-state index contributed by atoms with van der Waals surface area (Å²) in [5, 5.41) is 0. The first-order valence-corrected chi connectivity index (χ1v) is 7.99. The second kappa shape index (κ2) is 5.07. The molecule has 0 atom stereocenters. The van der Waals surface area contributed by atoms with Gasteiger partial charge in [-0.2, -0.15) is 0 Å². The van der Waals surface area contributed by atoms with Gasteiger partial charge in [0, 0.05) is 4.90 Å². The summed E-state index contributed by atoms with van der Waals surface area (Å²) in [7, 11) is 0. The zero-order chi connectivity index (χ0) is 12.3. The van der Waals surface area contributed by atoms with Crippen LogP contribution in [0, 0.1) is 0 Å². The zero-order valence-electron chi connectivity index (χ0n) is 8.85. The van der Waals surface area contributed by atoms with Gasteiger partial charge < -0.3 is 9.79 Å². The van der Waals surface area contributed by atoms with Crippen LogP contribution in [0.3, 0.4) is 0 Å². The van der Waals surface area contributed by atoms with Crippen molar-refractivity contribution >= 4 is 18.2 Å². The molecule has 0 amide bonds. The largest absolute Gasteiger partial charge is 0.388 e. The van der Waals surface area contributed by atoms with Crippen molar-refractivity contribution in [1.29, 1.82) is 0 Å². The summed E-state index contributed by atoms with van der Waals surface area (Å²) in [4.78, 5) is 18.6. The molecule has 2 aromatic carbocycles. The van der Waals surface area contributed by atoms with E-state index in [0.29, 0.717) is 16.3 Å². The molecule has 3 nitrogen and oxygen atoms in total. The Morgan fingerprint density at radius 2 is 1.47 bits per heavy atom. The summed E-state index contributed by atoms with van der Waals surface area (Å²) in [6.45, 7) is -4.12. The second-order valence-electron chi connectivity index (χ2n) is 3.44. The predicted molar refractivity (Wildman–Crippen MR) is 69.8 cm³/mol. The topological polar surface area (TPSA) is 57.5 Å². The van der Waals surface area contributed by atoms with Crippen molar-refractivity contribution < 1.29 is 14.4 Å². The van der Waals surface area contributed by atoms with Gasteiger partial charge in [0.2, 0.25) is 0 Å².